The molecule has 1 N–H and O–H groups in total. The first-order valence-electron chi connectivity index (χ1n) is 10.4. The number of nitrogens with zero attached hydrogens (tertiary/aromatic N) is 1. The summed E-state index contributed by atoms with van der Waals surface area (Å²) in [6.07, 6.45) is 6.13. The Kier molecular flexibility index (Phi) is 5.07. The molecule has 1 aromatic rings. The Hall–Kier alpha value is -2.10. The highest BCUT2D eigenvalue weighted by Crippen LogP contribution is 2.49. The van der Waals surface area contributed by atoms with Crippen molar-refractivity contribution in [1.82, 2.24) is 10.2 Å². The van der Waals surface area contributed by atoms with Crippen LogP contribution in [0.2, 0.25) is 0 Å². The van der Waals surface area contributed by atoms with Crippen LogP contribution >= 0.6 is 0 Å². The van der Waals surface area contributed by atoms with Gasteiger partial charge in [-0.3, -0.25) is 9.59 Å². The lowest BCUT2D eigenvalue weighted by Crippen LogP contribution is -2.57. The molecule has 0 spiro atoms. The van der Waals surface area contributed by atoms with Gasteiger partial charge in [0.15, 0.2) is 0 Å². The van der Waals surface area contributed by atoms with Crippen molar-refractivity contribution in [1.29, 1.82) is 0 Å². The van der Waals surface area contributed by atoms with Crippen molar-refractivity contribution in [2.75, 3.05) is 6.54 Å². The standard InChI is InChI=1S/C23H30N2O2/c1-15(2)12-21-22(26)24-20(17-10-6-7-11-17)14-25(21)23(27)19-13-18(19)16-8-4-3-5-9-16/h3-5,8-9,15,18-19,21H,6-7,10-14H2,1-2H3,(H,24,26)/t18-,19+,21?/m0/s1. The van der Waals surface area contributed by atoms with Crippen LogP contribution in [0, 0.1) is 11.8 Å². The van der Waals surface area contributed by atoms with Gasteiger partial charge in [-0.15, -0.1) is 0 Å². The monoisotopic (exact) mass is 366 g/mol. The van der Waals surface area contributed by atoms with Crippen LogP contribution in [0.5, 0.6) is 0 Å². The minimum atomic E-state index is -0.333. The third kappa shape index (κ3) is 3.80. The van der Waals surface area contributed by atoms with E-state index in [0.29, 0.717) is 18.4 Å². The molecule has 4 nitrogen and oxygen atoms in total. The molecule has 3 aliphatic rings. The van der Waals surface area contributed by atoms with Gasteiger partial charge in [0.1, 0.15) is 6.04 Å². The molecule has 2 saturated carbocycles. The number of hydrogen-bond acceptors (Lipinski definition) is 2. The normalized spacial score (nSPS) is 27.9. The van der Waals surface area contributed by atoms with Gasteiger partial charge in [0.2, 0.25) is 11.8 Å². The van der Waals surface area contributed by atoms with Gasteiger partial charge < -0.3 is 10.2 Å². The third-order valence-corrected chi connectivity index (χ3v) is 6.23. The summed E-state index contributed by atoms with van der Waals surface area (Å²) >= 11 is 0. The summed E-state index contributed by atoms with van der Waals surface area (Å²) in [5.41, 5.74) is 3.59. The summed E-state index contributed by atoms with van der Waals surface area (Å²) in [5.74, 6) is 0.893. The number of piperazine rings is 1. The van der Waals surface area contributed by atoms with Crippen LogP contribution < -0.4 is 5.32 Å². The molecular formula is C23H30N2O2. The van der Waals surface area contributed by atoms with E-state index < -0.39 is 0 Å². The van der Waals surface area contributed by atoms with Crippen LogP contribution in [0.3, 0.4) is 0 Å². The van der Waals surface area contributed by atoms with Gasteiger partial charge in [-0.25, -0.2) is 0 Å². The van der Waals surface area contributed by atoms with E-state index in [9.17, 15) is 9.59 Å². The minimum Gasteiger partial charge on any atom is -0.326 e. The van der Waals surface area contributed by atoms with E-state index >= 15 is 0 Å². The van der Waals surface area contributed by atoms with Crippen LogP contribution in [0.25, 0.3) is 0 Å². The number of allylic oxidation sites excluding steroid dienone is 1. The second-order valence-electron chi connectivity index (χ2n) is 8.75. The molecule has 1 unspecified atom stereocenters. The molecule has 3 atom stereocenters. The van der Waals surface area contributed by atoms with Gasteiger partial charge in [-0.2, -0.15) is 0 Å². The quantitative estimate of drug-likeness (QED) is 0.876. The number of hydrogen-bond donors (Lipinski definition) is 1. The first-order chi connectivity index (χ1) is 13.0. The number of carbonyl (C=O) groups is 2. The third-order valence-electron chi connectivity index (χ3n) is 6.23. The highest BCUT2D eigenvalue weighted by Gasteiger charge is 2.49. The molecular weight excluding hydrogens is 336 g/mol. The van der Waals surface area contributed by atoms with Gasteiger partial charge in [0, 0.05) is 11.6 Å². The Morgan fingerprint density at radius 1 is 1.19 bits per heavy atom. The predicted octanol–water partition coefficient (Wildman–Crippen LogP) is 3.99. The van der Waals surface area contributed by atoms with Crippen molar-refractivity contribution < 1.29 is 9.59 Å². The summed E-state index contributed by atoms with van der Waals surface area (Å²) in [5, 5.41) is 3.15. The van der Waals surface area contributed by atoms with Gasteiger partial charge in [0.25, 0.3) is 0 Å². The Balaban J connectivity index is 1.55. The zero-order valence-electron chi connectivity index (χ0n) is 16.4. The van der Waals surface area contributed by atoms with Gasteiger partial charge in [-0.05, 0) is 61.5 Å². The van der Waals surface area contributed by atoms with Crippen molar-refractivity contribution in [3.63, 3.8) is 0 Å². The van der Waals surface area contributed by atoms with Gasteiger partial charge in [-0.1, -0.05) is 44.2 Å². The molecule has 1 saturated heterocycles. The summed E-state index contributed by atoms with van der Waals surface area (Å²) in [7, 11) is 0. The van der Waals surface area contributed by atoms with E-state index in [1.165, 1.54) is 24.0 Å². The Morgan fingerprint density at radius 3 is 2.56 bits per heavy atom. The topological polar surface area (TPSA) is 49.4 Å². The van der Waals surface area contributed by atoms with Gasteiger partial charge in [0.05, 0.1) is 6.54 Å². The molecule has 27 heavy (non-hydrogen) atoms. The number of rotatable bonds is 4. The fraction of sp³-hybridized carbons (Fsp3) is 0.565. The highest BCUT2D eigenvalue weighted by molar-refractivity contribution is 5.92. The molecule has 1 aliphatic heterocycles. The van der Waals surface area contributed by atoms with Crippen molar-refractivity contribution in [3.05, 3.63) is 47.2 Å². The van der Waals surface area contributed by atoms with E-state index in [1.54, 1.807) is 0 Å². The van der Waals surface area contributed by atoms with Crippen LogP contribution in [0.1, 0.15) is 63.9 Å². The molecule has 4 rings (SSSR count). The number of benzene rings is 1. The van der Waals surface area contributed by atoms with E-state index in [-0.39, 0.29) is 23.8 Å². The van der Waals surface area contributed by atoms with Crippen molar-refractivity contribution in [2.45, 2.75) is 64.3 Å². The maximum absolute atomic E-state index is 13.4. The molecule has 3 fully saturated rings. The Morgan fingerprint density at radius 2 is 1.89 bits per heavy atom. The number of amides is 2. The summed E-state index contributed by atoms with van der Waals surface area (Å²) in [6, 6.07) is 9.97. The minimum absolute atomic E-state index is 0.00890. The smallest absolute Gasteiger partial charge is 0.247 e. The van der Waals surface area contributed by atoms with E-state index in [1.807, 2.05) is 23.1 Å². The molecule has 2 aliphatic carbocycles. The zero-order valence-corrected chi connectivity index (χ0v) is 16.4. The summed E-state index contributed by atoms with van der Waals surface area (Å²) < 4.78 is 0. The average Bonchev–Trinajstić information content (AvgIpc) is 3.27. The van der Waals surface area contributed by atoms with Crippen LogP contribution in [-0.4, -0.2) is 29.3 Å². The SMILES string of the molecule is CC(C)CC1C(=O)NC(=C2CCCC2)CN1C(=O)[C@@H]1C[C@H]1c1ccccc1. The van der Waals surface area contributed by atoms with Crippen LogP contribution in [0.15, 0.2) is 41.6 Å². The molecule has 1 heterocycles. The number of carbonyl (C=O) groups excluding carboxylic acids is 2. The van der Waals surface area contributed by atoms with E-state index in [4.69, 9.17) is 0 Å². The Bertz CT molecular complexity index is 745. The van der Waals surface area contributed by atoms with Crippen molar-refractivity contribution in [3.8, 4) is 0 Å². The molecule has 2 amide bonds. The second-order valence-corrected chi connectivity index (χ2v) is 8.75. The van der Waals surface area contributed by atoms with Crippen molar-refractivity contribution in [2.24, 2.45) is 11.8 Å². The maximum Gasteiger partial charge on any atom is 0.247 e. The molecule has 1 aromatic carbocycles. The fourth-order valence-electron chi connectivity index (χ4n) is 4.66. The van der Waals surface area contributed by atoms with E-state index in [2.05, 4.69) is 31.3 Å². The van der Waals surface area contributed by atoms with Crippen molar-refractivity contribution >= 4 is 11.8 Å². The first-order valence-corrected chi connectivity index (χ1v) is 10.4. The highest BCUT2D eigenvalue weighted by atomic mass is 16.2. The number of nitrogens with one attached hydrogen (secondary N) is 1. The Labute approximate surface area is 162 Å². The molecule has 0 bridgehead atoms. The average molecular weight is 367 g/mol. The van der Waals surface area contributed by atoms with Crippen LogP contribution in [0.4, 0.5) is 0 Å². The van der Waals surface area contributed by atoms with Gasteiger partial charge >= 0.3 is 0 Å². The summed E-state index contributed by atoms with van der Waals surface area (Å²) in [4.78, 5) is 28.1. The van der Waals surface area contributed by atoms with E-state index in [0.717, 1.165) is 31.4 Å². The molecule has 0 radical (unpaired) electrons. The fourth-order valence-corrected chi connectivity index (χ4v) is 4.66. The lowest BCUT2D eigenvalue weighted by atomic mass is 9.97. The zero-order chi connectivity index (χ0) is 19.0. The lowest BCUT2D eigenvalue weighted by Gasteiger charge is -2.38. The summed E-state index contributed by atoms with van der Waals surface area (Å²) in [6.45, 7) is 4.81. The molecule has 144 valence electrons. The van der Waals surface area contributed by atoms with Crippen LogP contribution in [-0.2, 0) is 9.59 Å². The maximum atomic E-state index is 13.4. The first kappa shape index (κ1) is 18.3. The second kappa shape index (κ2) is 7.49. The molecule has 0 aromatic heterocycles. The predicted molar refractivity (Wildman–Crippen MR) is 106 cm³/mol. The molecule has 4 heteroatoms. The largest absolute Gasteiger partial charge is 0.326 e. The lowest BCUT2D eigenvalue weighted by molar-refractivity contribution is -0.143.